The van der Waals surface area contributed by atoms with E-state index >= 15 is 0 Å². The van der Waals surface area contributed by atoms with Crippen LogP contribution in [0.5, 0.6) is 0 Å². The molecule has 182 valence electrons. The first-order valence-corrected chi connectivity index (χ1v) is 11.8. The molecule has 0 saturated carbocycles. The second-order valence-corrected chi connectivity index (χ2v) is 9.45. The third-order valence-corrected chi connectivity index (χ3v) is 6.20. The molecule has 0 bridgehead atoms. The fourth-order valence-electron chi connectivity index (χ4n) is 3.93. The molecule has 1 aromatic carbocycles. The third kappa shape index (κ3) is 6.91. The number of nitrogens with two attached hydrogens (primary N) is 2. The summed E-state index contributed by atoms with van der Waals surface area (Å²) in [5, 5.41) is 5.78. The van der Waals surface area contributed by atoms with Crippen molar-refractivity contribution in [2.24, 2.45) is 0 Å². The van der Waals surface area contributed by atoms with E-state index in [-0.39, 0.29) is 28.4 Å². The Bertz CT molecular complexity index is 1080. The Morgan fingerprint density at radius 1 is 1.03 bits per heavy atom. The SMILES string of the molecule is C[N+](C)(CCCCNC(=O)CC1=CCc2ccccc21)CCNC(=O)c1nc(Cl)c(N)nc1N. The molecule has 34 heavy (non-hydrogen) atoms. The van der Waals surface area contributed by atoms with Crippen molar-refractivity contribution in [1.82, 2.24) is 20.6 Å². The molecule has 1 aliphatic rings. The van der Waals surface area contributed by atoms with Crippen LogP contribution in [-0.4, -0.2) is 66.5 Å². The number of quaternary nitrogens is 1. The number of carbonyl (C=O) groups is 2. The van der Waals surface area contributed by atoms with Gasteiger partial charge in [-0.3, -0.25) is 9.59 Å². The van der Waals surface area contributed by atoms with Crippen molar-refractivity contribution in [2.75, 3.05) is 51.7 Å². The van der Waals surface area contributed by atoms with E-state index in [0.717, 1.165) is 42.4 Å². The lowest BCUT2D eigenvalue weighted by atomic mass is 10.0. The lowest BCUT2D eigenvalue weighted by Gasteiger charge is -2.30. The topological polar surface area (TPSA) is 136 Å². The van der Waals surface area contributed by atoms with Gasteiger partial charge in [0.25, 0.3) is 5.91 Å². The van der Waals surface area contributed by atoms with Gasteiger partial charge in [-0.05, 0) is 36.0 Å². The lowest BCUT2D eigenvalue weighted by Crippen LogP contribution is -2.46. The van der Waals surface area contributed by atoms with Crippen LogP contribution in [0.15, 0.2) is 30.3 Å². The maximum absolute atomic E-state index is 12.3. The summed E-state index contributed by atoms with van der Waals surface area (Å²) in [5.74, 6) is -0.437. The molecule has 3 rings (SSSR count). The molecule has 2 amide bonds. The van der Waals surface area contributed by atoms with Gasteiger partial charge in [-0.1, -0.05) is 41.9 Å². The zero-order valence-corrected chi connectivity index (χ0v) is 20.5. The molecule has 6 N–H and O–H groups in total. The van der Waals surface area contributed by atoms with Gasteiger partial charge in [-0.2, -0.15) is 0 Å². The number of anilines is 2. The fraction of sp³-hybridized carbons (Fsp3) is 0.417. The number of unbranched alkanes of at least 4 members (excludes halogenated alkanes) is 1. The van der Waals surface area contributed by atoms with Gasteiger partial charge in [-0.25, -0.2) is 9.97 Å². The smallest absolute Gasteiger partial charge is 0.273 e. The number of hydrogen-bond donors (Lipinski definition) is 4. The number of nitrogen functional groups attached to an aromatic ring is 2. The number of carbonyl (C=O) groups excluding carboxylic acids is 2. The van der Waals surface area contributed by atoms with Crippen molar-refractivity contribution < 1.29 is 14.1 Å². The van der Waals surface area contributed by atoms with Crippen molar-refractivity contribution in [1.29, 1.82) is 0 Å². The molecular weight excluding hydrogens is 454 g/mol. The quantitative estimate of drug-likeness (QED) is 0.283. The number of likely N-dealkylation sites (N-methyl/N-ethyl adjacent to an activating group) is 1. The molecule has 1 aromatic heterocycles. The van der Waals surface area contributed by atoms with Gasteiger partial charge in [0.2, 0.25) is 5.91 Å². The third-order valence-electron chi connectivity index (χ3n) is 5.92. The van der Waals surface area contributed by atoms with Crippen LogP contribution >= 0.6 is 11.6 Å². The Balaban J connectivity index is 1.31. The molecular formula is C24H33ClN7O2+. The largest absolute Gasteiger partial charge is 0.382 e. The molecule has 0 spiro atoms. The number of rotatable bonds is 11. The summed E-state index contributed by atoms with van der Waals surface area (Å²) in [6.45, 7) is 2.74. The van der Waals surface area contributed by atoms with Crippen LogP contribution in [0.2, 0.25) is 5.15 Å². The first kappa shape index (κ1) is 25.5. The van der Waals surface area contributed by atoms with Gasteiger partial charge in [0.15, 0.2) is 22.5 Å². The maximum Gasteiger partial charge on any atom is 0.273 e. The number of allylic oxidation sites excluding steroid dienone is 1. The average Bonchev–Trinajstić information content (AvgIpc) is 3.18. The van der Waals surface area contributed by atoms with E-state index in [1.54, 1.807) is 0 Å². The Kier molecular flexibility index (Phi) is 8.46. The molecule has 1 aliphatic carbocycles. The van der Waals surface area contributed by atoms with Crippen molar-refractivity contribution in [2.45, 2.75) is 25.7 Å². The zero-order chi connectivity index (χ0) is 24.7. The van der Waals surface area contributed by atoms with Crippen LogP contribution in [0.4, 0.5) is 11.6 Å². The number of nitrogens with zero attached hydrogens (tertiary/aromatic N) is 3. The molecule has 1 heterocycles. The summed E-state index contributed by atoms with van der Waals surface area (Å²) < 4.78 is 0.724. The van der Waals surface area contributed by atoms with Crippen molar-refractivity contribution in [3.8, 4) is 0 Å². The molecule has 0 saturated heterocycles. The molecule has 0 radical (unpaired) electrons. The normalized spacial score (nSPS) is 12.7. The van der Waals surface area contributed by atoms with E-state index in [1.807, 2.05) is 12.1 Å². The number of nitrogens with one attached hydrogen (secondary N) is 2. The Labute approximate surface area is 205 Å². The van der Waals surface area contributed by atoms with E-state index in [1.165, 1.54) is 11.1 Å². The molecule has 0 aliphatic heterocycles. The molecule has 0 fully saturated rings. The maximum atomic E-state index is 12.3. The average molecular weight is 487 g/mol. The van der Waals surface area contributed by atoms with Crippen LogP contribution in [0.3, 0.4) is 0 Å². The number of halogens is 1. The highest BCUT2D eigenvalue weighted by Gasteiger charge is 2.19. The summed E-state index contributed by atoms with van der Waals surface area (Å²) >= 11 is 5.84. The summed E-state index contributed by atoms with van der Waals surface area (Å²) in [5.41, 5.74) is 14.8. The van der Waals surface area contributed by atoms with E-state index < -0.39 is 5.91 Å². The van der Waals surface area contributed by atoms with Gasteiger partial charge in [0.05, 0.1) is 40.2 Å². The number of aromatic nitrogens is 2. The minimum absolute atomic E-state index is 0.00865. The van der Waals surface area contributed by atoms with E-state index in [2.05, 4.69) is 52.9 Å². The summed E-state index contributed by atoms with van der Waals surface area (Å²) in [7, 11) is 4.20. The second kappa shape index (κ2) is 11.3. The standard InChI is InChI=1S/C24H32ClN7O2/c1-32(2,14-12-29-24(34)20-22(26)31-23(27)21(25)30-20)13-6-5-11-28-19(33)15-17-10-9-16-7-3-4-8-18(16)17/h3-4,7-8,10H,5-6,9,11-15H2,1-2H3,(H5-,26,27,28,29,31,33,34)/p+1. The Hall–Kier alpha value is -3.17. The van der Waals surface area contributed by atoms with Crippen molar-refractivity contribution >= 4 is 40.6 Å². The van der Waals surface area contributed by atoms with Crippen molar-refractivity contribution in [3.63, 3.8) is 0 Å². The lowest BCUT2D eigenvalue weighted by molar-refractivity contribution is -0.889. The minimum atomic E-state index is -0.436. The molecule has 9 nitrogen and oxygen atoms in total. The molecule has 0 atom stereocenters. The van der Waals surface area contributed by atoms with Gasteiger partial charge in [0, 0.05) is 6.54 Å². The monoisotopic (exact) mass is 486 g/mol. The molecule has 2 aromatic rings. The van der Waals surface area contributed by atoms with E-state index in [4.69, 9.17) is 23.1 Å². The first-order valence-electron chi connectivity index (χ1n) is 11.4. The van der Waals surface area contributed by atoms with Crippen LogP contribution < -0.4 is 22.1 Å². The summed E-state index contributed by atoms with van der Waals surface area (Å²) in [6, 6.07) is 8.23. The van der Waals surface area contributed by atoms with Crippen molar-refractivity contribution in [3.05, 3.63) is 52.3 Å². The predicted octanol–water partition coefficient (Wildman–Crippen LogP) is 2.03. The minimum Gasteiger partial charge on any atom is -0.382 e. The van der Waals surface area contributed by atoms with Crippen LogP contribution in [0, 0.1) is 0 Å². The highest BCUT2D eigenvalue weighted by Crippen LogP contribution is 2.29. The van der Waals surface area contributed by atoms with Gasteiger partial charge < -0.3 is 26.6 Å². The summed E-state index contributed by atoms with van der Waals surface area (Å²) in [4.78, 5) is 32.4. The highest BCUT2D eigenvalue weighted by atomic mass is 35.5. The number of amides is 2. The van der Waals surface area contributed by atoms with Crippen LogP contribution in [-0.2, 0) is 11.2 Å². The van der Waals surface area contributed by atoms with Gasteiger partial charge in [0.1, 0.15) is 0 Å². The predicted molar refractivity (Wildman–Crippen MR) is 135 cm³/mol. The van der Waals surface area contributed by atoms with E-state index in [0.29, 0.717) is 19.5 Å². The number of fused-ring (bicyclic) bond motifs is 1. The number of hydrogen-bond acceptors (Lipinski definition) is 6. The zero-order valence-electron chi connectivity index (χ0n) is 19.7. The Morgan fingerprint density at radius 2 is 1.79 bits per heavy atom. The molecule has 0 unspecified atom stereocenters. The Morgan fingerprint density at radius 3 is 2.59 bits per heavy atom. The van der Waals surface area contributed by atoms with E-state index in [9.17, 15) is 9.59 Å². The fourth-order valence-corrected chi connectivity index (χ4v) is 4.05. The van der Waals surface area contributed by atoms with Gasteiger partial charge in [-0.15, -0.1) is 0 Å². The molecule has 10 heteroatoms. The van der Waals surface area contributed by atoms with Gasteiger partial charge >= 0.3 is 0 Å². The highest BCUT2D eigenvalue weighted by molar-refractivity contribution is 6.31. The number of benzene rings is 1. The van der Waals surface area contributed by atoms with Crippen LogP contribution in [0.1, 0.15) is 40.9 Å². The summed E-state index contributed by atoms with van der Waals surface area (Å²) in [6.07, 6.45) is 5.32. The van der Waals surface area contributed by atoms with Crippen LogP contribution in [0.25, 0.3) is 5.57 Å². The second-order valence-electron chi connectivity index (χ2n) is 9.10. The first-order chi connectivity index (χ1) is 16.2.